The molecule has 1 aliphatic rings. The molecule has 1 aromatic rings. The number of nitrogens with one attached hydrogen (secondary N) is 1. The molecule has 0 radical (unpaired) electrons. The van der Waals surface area contributed by atoms with Crippen molar-refractivity contribution in [1.29, 1.82) is 0 Å². The highest BCUT2D eigenvalue weighted by Gasteiger charge is 2.28. The normalized spacial score (nSPS) is 22.1. The highest BCUT2D eigenvalue weighted by atomic mass is 35.5. The number of anilines is 1. The molecule has 2 rings (SSSR count). The van der Waals surface area contributed by atoms with Crippen molar-refractivity contribution in [3.05, 3.63) is 23.5 Å². The van der Waals surface area contributed by atoms with Gasteiger partial charge in [0, 0.05) is 12.7 Å². The van der Waals surface area contributed by atoms with Gasteiger partial charge >= 0.3 is 0 Å². The van der Waals surface area contributed by atoms with E-state index in [1.807, 2.05) is 11.9 Å². The molecular weight excluding hydrogens is 266 g/mol. The zero-order valence-electron chi connectivity index (χ0n) is 10.8. The number of rotatable bonds is 5. The number of likely N-dealkylation sites (N-methyl/N-ethyl adjacent to an activating group) is 1. The number of carbonyl (C=O) groups excluding carboxylic acids is 1. The van der Waals surface area contributed by atoms with Gasteiger partial charge in [0.05, 0.1) is 18.3 Å². The fourth-order valence-electron chi connectivity index (χ4n) is 2.27. The zero-order valence-corrected chi connectivity index (χ0v) is 11.6. The molecule has 1 amide bonds. The lowest BCUT2D eigenvalue weighted by Gasteiger charge is -2.34. The molecule has 1 aromatic heterocycles. The number of carbonyl (C=O) groups is 1. The van der Waals surface area contributed by atoms with Crippen LogP contribution >= 0.6 is 11.6 Å². The van der Waals surface area contributed by atoms with Crippen LogP contribution in [0, 0.1) is 5.92 Å². The van der Waals surface area contributed by atoms with Crippen LogP contribution in [-0.2, 0) is 4.79 Å². The van der Waals surface area contributed by atoms with Gasteiger partial charge in [0.15, 0.2) is 5.15 Å². The summed E-state index contributed by atoms with van der Waals surface area (Å²) in [7, 11) is 1.90. The van der Waals surface area contributed by atoms with Crippen LogP contribution in [0.2, 0.25) is 5.15 Å². The van der Waals surface area contributed by atoms with Gasteiger partial charge in [-0.3, -0.25) is 9.69 Å². The smallest absolute Gasteiger partial charge is 0.238 e. The molecule has 1 aliphatic carbocycles. The first kappa shape index (κ1) is 14.2. The summed E-state index contributed by atoms with van der Waals surface area (Å²) >= 11 is 5.87. The molecule has 2 N–H and O–H groups in total. The molecular formula is C13H18ClN3O2. The number of amides is 1. The maximum absolute atomic E-state index is 11.8. The molecule has 1 heterocycles. The lowest BCUT2D eigenvalue weighted by molar-refractivity contribution is -0.117. The Hall–Kier alpha value is -1.17. The largest absolute Gasteiger partial charge is 0.393 e. The standard InChI is InChI=1S/C13H18ClN3O2/c1-17(7-9-5-10(18)6-9)8-12(19)16-11-3-2-4-15-13(11)14/h2-4,9-10,18H,5-8H2,1H3,(H,16,19). The van der Waals surface area contributed by atoms with Gasteiger partial charge in [-0.15, -0.1) is 0 Å². The van der Waals surface area contributed by atoms with Gasteiger partial charge in [-0.25, -0.2) is 4.98 Å². The van der Waals surface area contributed by atoms with Gasteiger partial charge in [-0.1, -0.05) is 11.6 Å². The summed E-state index contributed by atoms with van der Waals surface area (Å²) in [6.07, 6.45) is 3.09. The molecule has 0 aromatic carbocycles. The van der Waals surface area contributed by atoms with Gasteiger partial charge in [0.1, 0.15) is 0 Å². The number of pyridine rings is 1. The highest BCUT2D eigenvalue weighted by Crippen LogP contribution is 2.27. The second-order valence-corrected chi connectivity index (χ2v) is 5.44. The Labute approximate surface area is 117 Å². The first-order valence-electron chi connectivity index (χ1n) is 6.31. The summed E-state index contributed by atoms with van der Waals surface area (Å²) in [6.45, 7) is 1.13. The van der Waals surface area contributed by atoms with E-state index in [0.29, 0.717) is 23.3 Å². The van der Waals surface area contributed by atoms with Gasteiger partial charge in [-0.2, -0.15) is 0 Å². The summed E-state index contributed by atoms with van der Waals surface area (Å²) < 4.78 is 0. The molecule has 1 fully saturated rings. The monoisotopic (exact) mass is 283 g/mol. The highest BCUT2D eigenvalue weighted by molar-refractivity contribution is 6.32. The Morgan fingerprint density at radius 2 is 2.37 bits per heavy atom. The third-order valence-corrected chi connectivity index (χ3v) is 3.53. The Morgan fingerprint density at radius 1 is 1.63 bits per heavy atom. The lowest BCUT2D eigenvalue weighted by atomic mass is 9.82. The predicted molar refractivity (Wildman–Crippen MR) is 74.1 cm³/mol. The van der Waals surface area contributed by atoms with E-state index < -0.39 is 0 Å². The first-order valence-corrected chi connectivity index (χ1v) is 6.69. The van der Waals surface area contributed by atoms with E-state index in [1.54, 1.807) is 18.3 Å². The van der Waals surface area contributed by atoms with Gasteiger partial charge in [0.25, 0.3) is 0 Å². The minimum Gasteiger partial charge on any atom is -0.393 e. The SMILES string of the molecule is CN(CC(=O)Nc1cccnc1Cl)CC1CC(O)C1. The zero-order chi connectivity index (χ0) is 13.8. The van der Waals surface area contributed by atoms with E-state index in [-0.39, 0.29) is 12.0 Å². The van der Waals surface area contributed by atoms with Crippen molar-refractivity contribution in [2.24, 2.45) is 5.92 Å². The Kier molecular flexibility index (Phi) is 4.74. The molecule has 0 atom stereocenters. The quantitative estimate of drug-likeness (QED) is 0.801. The number of aliphatic hydroxyl groups is 1. The van der Waals surface area contributed by atoms with Crippen molar-refractivity contribution in [2.75, 3.05) is 25.5 Å². The van der Waals surface area contributed by atoms with Crippen molar-refractivity contribution in [1.82, 2.24) is 9.88 Å². The van der Waals surface area contributed by atoms with Crippen LogP contribution in [0.15, 0.2) is 18.3 Å². The third kappa shape index (κ3) is 4.16. The number of halogens is 1. The fraction of sp³-hybridized carbons (Fsp3) is 0.538. The van der Waals surface area contributed by atoms with Crippen molar-refractivity contribution >= 4 is 23.2 Å². The van der Waals surface area contributed by atoms with E-state index in [1.165, 1.54) is 0 Å². The number of hydrogen-bond donors (Lipinski definition) is 2. The Balaban J connectivity index is 1.76. The number of nitrogens with zero attached hydrogens (tertiary/aromatic N) is 2. The van der Waals surface area contributed by atoms with E-state index in [0.717, 1.165) is 19.4 Å². The molecule has 0 unspecified atom stereocenters. The summed E-state index contributed by atoms with van der Waals surface area (Å²) in [5.74, 6) is 0.382. The van der Waals surface area contributed by atoms with Crippen LogP contribution in [0.4, 0.5) is 5.69 Å². The van der Waals surface area contributed by atoms with Crippen LogP contribution in [0.25, 0.3) is 0 Å². The van der Waals surface area contributed by atoms with Crippen molar-refractivity contribution in [3.63, 3.8) is 0 Å². The molecule has 1 saturated carbocycles. The van der Waals surface area contributed by atoms with Crippen molar-refractivity contribution in [2.45, 2.75) is 18.9 Å². The minimum absolute atomic E-state index is 0.114. The van der Waals surface area contributed by atoms with Crippen molar-refractivity contribution in [3.8, 4) is 0 Å². The number of hydrogen-bond acceptors (Lipinski definition) is 4. The summed E-state index contributed by atoms with van der Waals surface area (Å²) in [6, 6.07) is 3.44. The Bertz CT molecular complexity index is 449. The topological polar surface area (TPSA) is 65.5 Å². The first-order chi connectivity index (χ1) is 9.04. The van der Waals surface area contributed by atoms with Crippen molar-refractivity contribution < 1.29 is 9.90 Å². The Morgan fingerprint density at radius 3 is 3.00 bits per heavy atom. The second-order valence-electron chi connectivity index (χ2n) is 5.08. The van der Waals surface area contributed by atoms with Crippen LogP contribution < -0.4 is 5.32 Å². The van der Waals surface area contributed by atoms with E-state index in [4.69, 9.17) is 11.6 Å². The molecule has 19 heavy (non-hydrogen) atoms. The molecule has 0 bridgehead atoms. The van der Waals surface area contributed by atoms with Crippen LogP contribution in [-0.4, -0.2) is 47.1 Å². The van der Waals surface area contributed by atoms with E-state index in [2.05, 4.69) is 10.3 Å². The fourth-order valence-corrected chi connectivity index (χ4v) is 2.44. The predicted octanol–water partition coefficient (Wildman–Crippen LogP) is 1.38. The molecule has 5 nitrogen and oxygen atoms in total. The van der Waals surface area contributed by atoms with Gasteiger partial charge < -0.3 is 10.4 Å². The lowest BCUT2D eigenvalue weighted by Crippen LogP contribution is -2.39. The average molecular weight is 284 g/mol. The molecule has 0 aliphatic heterocycles. The molecule has 0 spiro atoms. The van der Waals surface area contributed by atoms with Crippen LogP contribution in [0.3, 0.4) is 0 Å². The van der Waals surface area contributed by atoms with Gasteiger partial charge in [0.2, 0.25) is 5.91 Å². The maximum Gasteiger partial charge on any atom is 0.238 e. The van der Waals surface area contributed by atoms with E-state index in [9.17, 15) is 9.90 Å². The molecule has 6 heteroatoms. The average Bonchev–Trinajstić information content (AvgIpc) is 2.30. The minimum atomic E-state index is -0.151. The number of aromatic nitrogens is 1. The second kappa shape index (κ2) is 6.32. The maximum atomic E-state index is 11.8. The molecule has 104 valence electrons. The van der Waals surface area contributed by atoms with E-state index >= 15 is 0 Å². The van der Waals surface area contributed by atoms with Crippen LogP contribution in [0.5, 0.6) is 0 Å². The van der Waals surface area contributed by atoms with Gasteiger partial charge in [-0.05, 0) is 37.9 Å². The number of aliphatic hydroxyl groups excluding tert-OH is 1. The molecule has 0 saturated heterocycles. The third-order valence-electron chi connectivity index (χ3n) is 3.23. The summed E-state index contributed by atoms with van der Waals surface area (Å²) in [5.41, 5.74) is 0.529. The summed E-state index contributed by atoms with van der Waals surface area (Å²) in [4.78, 5) is 17.7. The van der Waals surface area contributed by atoms with Crippen LogP contribution in [0.1, 0.15) is 12.8 Å². The summed E-state index contributed by atoms with van der Waals surface area (Å²) in [5, 5.41) is 12.2.